The third kappa shape index (κ3) is 5.53. The summed E-state index contributed by atoms with van der Waals surface area (Å²) in [6, 6.07) is 78.9. The fraction of sp³-hybridized carbons (Fsp3) is 0. The molecule has 0 aliphatic rings. The molecule has 0 N–H and O–H groups in total. The molecule has 0 aliphatic heterocycles. The first-order valence-electron chi connectivity index (χ1n) is 18.5. The third-order valence-corrected chi connectivity index (χ3v) is 10.5. The van der Waals surface area contributed by atoms with Gasteiger partial charge in [0.1, 0.15) is 0 Å². The Morgan fingerprint density at radius 2 is 0.852 bits per heavy atom. The largest absolute Gasteiger partial charge is 0.310 e. The van der Waals surface area contributed by atoms with Crippen LogP contribution in [0.5, 0.6) is 0 Å². The zero-order chi connectivity index (χ0) is 35.8. The van der Waals surface area contributed by atoms with Crippen LogP contribution in [0, 0.1) is 0 Å². The van der Waals surface area contributed by atoms with Crippen LogP contribution >= 0.6 is 0 Å². The predicted molar refractivity (Wildman–Crippen MR) is 229 cm³/mol. The zero-order valence-corrected chi connectivity index (χ0v) is 29.7. The van der Waals surface area contributed by atoms with Crippen LogP contribution in [0.1, 0.15) is 0 Å². The van der Waals surface area contributed by atoms with Crippen LogP contribution in [0.3, 0.4) is 0 Å². The number of hydrogen-bond donors (Lipinski definition) is 0. The maximum Gasteiger partial charge on any atom is 0.0547 e. The average molecular weight is 689 g/mol. The first-order chi connectivity index (χ1) is 26.8. The summed E-state index contributed by atoms with van der Waals surface area (Å²) in [6.45, 7) is 0. The van der Waals surface area contributed by atoms with Crippen molar-refractivity contribution in [3.8, 4) is 39.1 Å². The zero-order valence-electron chi connectivity index (χ0n) is 29.7. The van der Waals surface area contributed by atoms with Gasteiger partial charge in [-0.1, -0.05) is 152 Å². The molecule has 0 radical (unpaired) electrons. The van der Waals surface area contributed by atoms with Gasteiger partial charge in [0.2, 0.25) is 0 Å². The molecule has 9 aromatic carbocycles. The van der Waals surface area contributed by atoms with Crippen LogP contribution in [0.2, 0.25) is 0 Å². The lowest BCUT2D eigenvalue weighted by atomic mass is 9.95. The van der Waals surface area contributed by atoms with E-state index in [1.807, 2.05) is 0 Å². The Kier molecular flexibility index (Phi) is 7.85. The minimum atomic E-state index is 1.09. The minimum Gasteiger partial charge on any atom is -0.310 e. The number of para-hydroxylation sites is 2. The topological polar surface area (TPSA) is 8.17 Å². The van der Waals surface area contributed by atoms with Crippen molar-refractivity contribution >= 4 is 49.6 Å². The van der Waals surface area contributed by atoms with E-state index in [1.165, 1.54) is 66.0 Å². The lowest BCUT2D eigenvalue weighted by molar-refractivity contribution is 1.18. The molecule has 1 aromatic heterocycles. The van der Waals surface area contributed by atoms with E-state index in [-0.39, 0.29) is 0 Å². The average Bonchev–Trinajstić information content (AvgIpc) is 3.60. The van der Waals surface area contributed by atoms with Crippen LogP contribution in [0.15, 0.2) is 218 Å². The Balaban J connectivity index is 1.22. The Labute approximate surface area is 315 Å². The highest BCUT2D eigenvalue weighted by Gasteiger charge is 2.20. The predicted octanol–water partition coefficient (Wildman–Crippen LogP) is 14.4. The number of rotatable bonds is 7. The van der Waals surface area contributed by atoms with Crippen molar-refractivity contribution in [2.45, 2.75) is 0 Å². The summed E-state index contributed by atoms with van der Waals surface area (Å²) in [7, 11) is 0. The smallest absolute Gasteiger partial charge is 0.0547 e. The van der Waals surface area contributed by atoms with E-state index in [9.17, 15) is 0 Å². The summed E-state index contributed by atoms with van der Waals surface area (Å²) in [5, 5.41) is 5.03. The van der Waals surface area contributed by atoms with Crippen molar-refractivity contribution in [3.63, 3.8) is 0 Å². The molecule has 0 atom stereocenters. The first kappa shape index (κ1) is 31.6. The number of benzene rings is 9. The van der Waals surface area contributed by atoms with Gasteiger partial charge in [-0.05, 0) is 111 Å². The first-order valence-corrected chi connectivity index (χ1v) is 18.5. The van der Waals surface area contributed by atoms with E-state index in [1.54, 1.807) is 0 Å². The van der Waals surface area contributed by atoms with Gasteiger partial charge in [-0.15, -0.1) is 0 Å². The number of nitrogens with zero attached hydrogens (tertiary/aromatic N) is 2. The van der Waals surface area contributed by atoms with Crippen LogP contribution in [-0.2, 0) is 0 Å². The normalized spacial score (nSPS) is 11.3. The molecule has 254 valence electrons. The monoisotopic (exact) mass is 688 g/mol. The van der Waals surface area contributed by atoms with Crippen LogP contribution < -0.4 is 4.90 Å². The molecule has 54 heavy (non-hydrogen) atoms. The highest BCUT2D eigenvalue weighted by Crippen LogP contribution is 2.44. The van der Waals surface area contributed by atoms with Crippen molar-refractivity contribution in [3.05, 3.63) is 218 Å². The van der Waals surface area contributed by atoms with Gasteiger partial charge in [-0.3, -0.25) is 0 Å². The summed E-state index contributed by atoms with van der Waals surface area (Å²) >= 11 is 0. The number of fused-ring (bicyclic) bond motifs is 5. The molecule has 0 unspecified atom stereocenters. The number of anilines is 3. The third-order valence-electron chi connectivity index (χ3n) is 10.5. The second-order valence-corrected chi connectivity index (χ2v) is 13.8. The highest BCUT2D eigenvalue weighted by molar-refractivity contribution is 6.25. The van der Waals surface area contributed by atoms with Gasteiger partial charge < -0.3 is 9.47 Å². The summed E-state index contributed by atoms with van der Waals surface area (Å²) in [4.78, 5) is 2.39. The Bertz CT molecular complexity index is 2850. The summed E-state index contributed by atoms with van der Waals surface area (Å²) < 4.78 is 2.42. The van der Waals surface area contributed by atoms with E-state index in [0.717, 1.165) is 22.7 Å². The van der Waals surface area contributed by atoms with Gasteiger partial charge in [-0.25, -0.2) is 0 Å². The Morgan fingerprint density at radius 1 is 0.315 bits per heavy atom. The molecule has 0 aliphatic carbocycles. The van der Waals surface area contributed by atoms with E-state index in [0.29, 0.717) is 0 Å². The molecular weight excluding hydrogens is 653 g/mol. The van der Waals surface area contributed by atoms with Gasteiger partial charge in [0.25, 0.3) is 0 Å². The summed E-state index contributed by atoms with van der Waals surface area (Å²) in [6.07, 6.45) is 0. The van der Waals surface area contributed by atoms with Crippen LogP contribution in [0.4, 0.5) is 17.1 Å². The summed E-state index contributed by atoms with van der Waals surface area (Å²) in [5.74, 6) is 0. The van der Waals surface area contributed by atoms with Gasteiger partial charge in [0, 0.05) is 33.5 Å². The second-order valence-electron chi connectivity index (χ2n) is 13.8. The van der Waals surface area contributed by atoms with Crippen LogP contribution in [-0.4, -0.2) is 4.57 Å². The molecule has 2 nitrogen and oxygen atoms in total. The molecule has 0 saturated heterocycles. The van der Waals surface area contributed by atoms with Gasteiger partial charge >= 0.3 is 0 Å². The second kappa shape index (κ2) is 13.4. The van der Waals surface area contributed by atoms with E-state index in [4.69, 9.17) is 0 Å². The number of hydrogen-bond acceptors (Lipinski definition) is 1. The molecular formula is C52H36N2. The van der Waals surface area contributed by atoms with Gasteiger partial charge in [0.05, 0.1) is 11.0 Å². The molecule has 0 amide bonds. The molecule has 10 rings (SSSR count). The fourth-order valence-corrected chi connectivity index (χ4v) is 8.10. The maximum absolute atomic E-state index is 2.42. The van der Waals surface area contributed by atoms with E-state index in [2.05, 4.69) is 228 Å². The Morgan fingerprint density at radius 3 is 1.56 bits per heavy atom. The van der Waals surface area contributed by atoms with Crippen LogP contribution in [0.25, 0.3) is 71.6 Å². The molecule has 0 saturated carbocycles. The maximum atomic E-state index is 2.42. The molecule has 0 fully saturated rings. The minimum absolute atomic E-state index is 1.09. The molecule has 0 bridgehead atoms. The van der Waals surface area contributed by atoms with Gasteiger partial charge in [0.15, 0.2) is 0 Å². The Hall–Kier alpha value is -7.16. The standard InChI is InChI=1S/C52H36N2/c1-5-17-37(18-6-1)41-33-42(38-19-7-2-8-20-38)36-46(35-41)53(43-23-9-3-10-24-43)45-27-15-22-40(34-45)48-29-16-30-49-52(48)51-47-28-14-13-21-39(47)31-32-50(51)54(49)44-25-11-4-12-26-44/h1-36H. The molecule has 0 spiro atoms. The summed E-state index contributed by atoms with van der Waals surface area (Å²) in [5.41, 5.74) is 13.9. The van der Waals surface area contributed by atoms with Crippen molar-refractivity contribution in [2.75, 3.05) is 4.90 Å². The molecule has 1 heterocycles. The van der Waals surface area contributed by atoms with Crippen molar-refractivity contribution < 1.29 is 0 Å². The fourth-order valence-electron chi connectivity index (χ4n) is 8.10. The molecule has 2 heteroatoms. The SMILES string of the molecule is c1ccc(-c2cc(-c3ccccc3)cc(N(c3ccccc3)c3cccc(-c4cccc5c4c4c6ccccc6ccc4n5-c4ccccc4)c3)c2)cc1. The number of aromatic nitrogens is 1. The van der Waals surface area contributed by atoms with Crippen molar-refractivity contribution in [1.29, 1.82) is 0 Å². The van der Waals surface area contributed by atoms with Crippen molar-refractivity contribution in [1.82, 2.24) is 4.57 Å². The molecule has 10 aromatic rings. The lowest BCUT2D eigenvalue weighted by Gasteiger charge is -2.27. The lowest BCUT2D eigenvalue weighted by Crippen LogP contribution is -2.10. The van der Waals surface area contributed by atoms with Crippen molar-refractivity contribution in [2.24, 2.45) is 0 Å². The highest BCUT2D eigenvalue weighted by atomic mass is 15.1. The van der Waals surface area contributed by atoms with E-state index < -0.39 is 0 Å². The van der Waals surface area contributed by atoms with Gasteiger partial charge in [-0.2, -0.15) is 0 Å². The quantitative estimate of drug-likeness (QED) is 0.162. The van der Waals surface area contributed by atoms with E-state index >= 15 is 0 Å².